The van der Waals surface area contributed by atoms with Crippen molar-refractivity contribution in [2.24, 2.45) is 0 Å². The minimum Gasteiger partial charge on any atom is -0.478 e. The first-order valence-electron chi connectivity index (χ1n) is 5.47. The lowest BCUT2D eigenvalue weighted by molar-refractivity contribution is -0.131. The van der Waals surface area contributed by atoms with Gasteiger partial charge in [-0.2, -0.15) is 0 Å². The molecule has 2 aromatic heterocycles. The third-order valence-electron chi connectivity index (χ3n) is 2.16. The van der Waals surface area contributed by atoms with Crippen LogP contribution in [0.3, 0.4) is 0 Å². The van der Waals surface area contributed by atoms with E-state index >= 15 is 0 Å². The maximum atomic E-state index is 10.3. The van der Waals surface area contributed by atoms with E-state index < -0.39 is 5.97 Å². The van der Waals surface area contributed by atoms with Crippen LogP contribution in [0, 0.1) is 6.92 Å². The number of ether oxygens (including phenoxy) is 1. The molecule has 0 saturated heterocycles. The Morgan fingerprint density at radius 2 is 1.95 bits per heavy atom. The Labute approximate surface area is 109 Å². The zero-order chi connectivity index (χ0) is 13.7. The molecule has 0 atom stereocenters. The van der Waals surface area contributed by atoms with Gasteiger partial charge in [0.2, 0.25) is 0 Å². The first-order valence-corrected chi connectivity index (χ1v) is 5.47. The fourth-order valence-corrected chi connectivity index (χ4v) is 1.25. The quantitative estimate of drug-likeness (QED) is 0.844. The number of rotatable bonds is 4. The number of pyridine rings is 1. The summed E-state index contributed by atoms with van der Waals surface area (Å²) in [5, 5.41) is 8.49. The van der Waals surface area contributed by atoms with Gasteiger partial charge in [-0.1, -0.05) is 0 Å². The lowest BCUT2D eigenvalue weighted by Crippen LogP contribution is -1.93. The second kappa shape index (κ2) is 5.72. The normalized spacial score (nSPS) is 10.6. The predicted molar refractivity (Wildman–Crippen MR) is 67.7 cm³/mol. The van der Waals surface area contributed by atoms with E-state index in [4.69, 9.17) is 9.84 Å². The van der Waals surface area contributed by atoms with E-state index in [1.807, 2.05) is 13.0 Å². The second-order valence-electron chi connectivity index (χ2n) is 3.71. The Bertz CT molecular complexity index is 592. The van der Waals surface area contributed by atoms with Crippen molar-refractivity contribution in [1.82, 2.24) is 15.0 Å². The zero-order valence-electron chi connectivity index (χ0n) is 10.1. The molecule has 0 aliphatic rings. The number of hydrogen-bond donors (Lipinski definition) is 1. The zero-order valence-corrected chi connectivity index (χ0v) is 10.1. The number of carboxylic acid groups (broad SMARTS) is 1. The summed E-state index contributed by atoms with van der Waals surface area (Å²) in [6.45, 7) is 1.88. The summed E-state index contributed by atoms with van der Waals surface area (Å²) < 4.78 is 5.39. The van der Waals surface area contributed by atoms with Crippen LogP contribution in [0.2, 0.25) is 0 Å². The van der Waals surface area contributed by atoms with Crippen LogP contribution in [0.15, 0.2) is 36.8 Å². The minimum atomic E-state index is -1.02. The van der Waals surface area contributed by atoms with E-state index in [0.29, 0.717) is 11.3 Å². The van der Waals surface area contributed by atoms with Gasteiger partial charge < -0.3 is 9.84 Å². The van der Waals surface area contributed by atoms with Crippen LogP contribution in [0.4, 0.5) is 0 Å². The van der Waals surface area contributed by atoms with E-state index in [0.717, 1.165) is 11.8 Å². The average Bonchev–Trinajstić information content (AvgIpc) is 2.40. The topological polar surface area (TPSA) is 85.2 Å². The van der Waals surface area contributed by atoms with Gasteiger partial charge in [0.15, 0.2) is 0 Å². The highest BCUT2D eigenvalue weighted by atomic mass is 16.5. The highest BCUT2D eigenvalue weighted by molar-refractivity contribution is 5.85. The molecule has 0 aromatic carbocycles. The highest BCUT2D eigenvalue weighted by Gasteiger charge is 2.00. The molecule has 6 heteroatoms. The van der Waals surface area contributed by atoms with Crippen molar-refractivity contribution in [1.29, 1.82) is 0 Å². The molecule has 2 heterocycles. The molecular weight excluding hydrogens is 246 g/mol. The standard InChI is InChI=1S/C13H11N3O3/c1-9-2-4-11(8-14-9)19-13-15-6-10(7-16-13)3-5-12(17)18/h2-8H,1H3,(H,17,18)/b5-3+. The molecule has 2 rings (SSSR count). The summed E-state index contributed by atoms with van der Waals surface area (Å²) in [6.07, 6.45) is 6.95. The third kappa shape index (κ3) is 3.88. The first kappa shape index (κ1) is 12.7. The van der Waals surface area contributed by atoms with Crippen LogP contribution < -0.4 is 4.74 Å². The summed E-state index contributed by atoms with van der Waals surface area (Å²) in [5.41, 5.74) is 1.47. The molecule has 19 heavy (non-hydrogen) atoms. The molecule has 0 fully saturated rings. The van der Waals surface area contributed by atoms with Crippen LogP contribution in [0.25, 0.3) is 6.08 Å². The number of carbonyl (C=O) groups is 1. The van der Waals surface area contributed by atoms with E-state index in [2.05, 4.69) is 15.0 Å². The number of carboxylic acids is 1. The van der Waals surface area contributed by atoms with E-state index in [9.17, 15) is 4.79 Å². The molecule has 0 spiro atoms. The van der Waals surface area contributed by atoms with Crippen LogP contribution in [-0.2, 0) is 4.79 Å². The first-order chi connectivity index (χ1) is 9.13. The van der Waals surface area contributed by atoms with E-state index in [1.54, 1.807) is 12.3 Å². The van der Waals surface area contributed by atoms with Gasteiger partial charge in [-0.25, -0.2) is 14.8 Å². The van der Waals surface area contributed by atoms with Crippen molar-refractivity contribution < 1.29 is 14.6 Å². The number of aryl methyl sites for hydroxylation is 1. The third-order valence-corrected chi connectivity index (χ3v) is 2.16. The molecule has 2 aromatic rings. The SMILES string of the molecule is Cc1ccc(Oc2ncc(/C=C/C(=O)O)cn2)cn1. The number of nitrogens with zero attached hydrogens (tertiary/aromatic N) is 3. The summed E-state index contributed by atoms with van der Waals surface area (Å²) in [6, 6.07) is 3.77. The summed E-state index contributed by atoms with van der Waals surface area (Å²) in [7, 11) is 0. The van der Waals surface area contributed by atoms with Gasteiger partial charge in [0.25, 0.3) is 0 Å². The largest absolute Gasteiger partial charge is 0.478 e. The van der Waals surface area contributed by atoms with Gasteiger partial charge in [-0.3, -0.25) is 4.98 Å². The van der Waals surface area contributed by atoms with Crippen molar-refractivity contribution in [2.45, 2.75) is 6.92 Å². The summed E-state index contributed by atoms with van der Waals surface area (Å²) in [4.78, 5) is 22.4. The van der Waals surface area contributed by atoms with Gasteiger partial charge in [-0.05, 0) is 25.1 Å². The molecule has 0 amide bonds. The number of aromatic nitrogens is 3. The summed E-state index contributed by atoms with van der Waals surface area (Å²) >= 11 is 0. The van der Waals surface area contributed by atoms with Crippen molar-refractivity contribution in [3.05, 3.63) is 48.1 Å². The summed E-state index contributed by atoms with van der Waals surface area (Å²) in [5.74, 6) is -0.481. The molecular formula is C13H11N3O3. The monoisotopic (exact) mass is 257 g/mol. The van der Waals surface area contributed by atoms with Gasteiger partial charge in [-0.15, -0.1) is 0 Å². The molecule has 96 valence electrons. The Balaban J connectivity index is 2.06. The Morgan fingerprint density at radius 3 is 2.53 bits per heavy atom. The lowest BCUT2D eigenvalue weighted by Gasteiger charge is -2.03. The maximum Gasteiger partial charge on any atom is 0.328 e. The molecule has 0 radical (unpaired) electrons. The maximum absolute atomic E-state index is 10.3. The van der Waals surface area contributed by atoms with Crippen molar-refractivity contribution in [2.75, 3.05) is 0 Å². The smallest absolute Gasteiger partial charge is 0.328 e. The lowest BCUT2D eigenvalue weighted by atomic mass is 10.3. The van der Waals surface area contributed by atoms with Gasteiger partial charge in [0, 0.05) is 29.7 Å². The van der Waals surface area contributed by atoms with Crippen LogP contribution in [-0.4, -0.2) is 26.0 Å². The molecule has 0 aliphatic carbocycles. The van der Waals surface area contributed by atoms with E-state index in [1.165, 1.54) is 18.5 Å². The highest BCUT2D eigenvalue weighted by Crippen LogP contribution is 2.16. The van der Waals surface area contributed by atoms with Crippen LogP contribution >= 0.6 is 0 Å². The van der Waals surface area contributed by atoms with Crippen molar-refractivity contribution >= 4 is 12.0 Å². The average molecular weight is 257 g/mol. The predicted octanol–water partition coefficient (Wildman–Crippen LogP) is 2.07. The molecule has 1 N–H and O–H groups in total. The van der Waals surface area contributed by atoms with Crippen LogP contribution in [0.1, 0.15) is 11.3 Å². The number of aliphatic carboxylic acids is 1. The fourth-order valence-electron chi connectivity index (χ4n) is 1.25. The second-order valence-corrected chi connectivity index (χ2v) is 3.71. The Hall–Kier alpha value is -2.76. The molecule has 0 bridgehead atoms. The van der Waals surface area contributed by atoms with E-state index in [-0.39, 0.29) is 6.01 Å². The molecule has 0 unspecified atom stereocenters. The van der Waals surface area contributed by atoms with Crippen molar-refractivity contribution in [3.8, 4) is 11.8 Å². The minimum absolute atomic E-state index is 0.179. The van der Waals surface area contributed by atoms with Crippen LogP contribution in [0.5, 0.6) is 11.8 Å². The molecule has 0 saturated carbocycles. The molecule has 6 nitrogen and oxygen atoms in total. The molecule has 0 aliphatic heterocycles. The number of hydrogen-bond acceptors (Lipinski definition) is 5. The van der Waals surface area contributed by atoms with Gasteiger partial charge >= 0.3 is 12.0 Å². The van der Waals surface area contributed by atoms with Gasteiger partial charge in [0.05, 0.1) is 6.20 Å². The Kier molecular flexibility index (Phi) is 3.82. The fraction of sp³-hybridized carbons (Fsp3) is 0.0769. The van der Waals surface area contributed by atoms with Crippen molar-refractivity contribution in [3.63, 3.8) is 0 Å². The van der Waals surface area contributed by atoms with Gasteiger partial charge in [0.1, 0.15) is 5.75 Å². The Morgan fingerprint density at radius 1 is 1.21 bits per heavy atom.